The number of hydrogen-bond donors (Lipinski definition) is 0. The summed E-state index contributed by atoms with van der Waals surface area (Å²) < 4.78 is 21.5. The van der Waals surface area contributed by atoms with E-state index in [1.807, 2.05) is 48.7 Å². The second-order valence-corrected chi connectivity index (χ2v) is 37.7. The number of thiocarbonyl (C=S) groups is 2. The highest BCUT2D eigenvalue weighted by Crippen LogP contribution is 2.66. The molecule has 0 saturated carbocycles. The number of hydrogen-bond acceptors (Lipinski definition) is 14. The Hall–Kier alpha value is -7.12. The molecule has 8 nitrogen and oxygen atoms in total. The minimum atomic E-state index is -0.763. The topological polar surface area (TPSA) is 92.2 Å². The number of carbonyl (C=O) groups excluding carboxylic acids is 2. The van der Waals surface area contributed by atoms with Gasteiger partial charge in [-0.15, -0.1) is 22.7 Å². The summed E-state index contributed by atoms with van der Waals surface area (Å²) in [6.45, 7) is 14.2. The molecule has 2 aliphatic heterocycles. The maximum atomic E-state index is 13.8. The Kier molecular flexibility index (Phi) is 26.3. The average Bonchev–Trinajstić information content (AvgIpc) is 1.50. The molecule has 16 heteroatoms. The number of thioether (sulfide) groups is 2. The number of rotatable bonds is 38. The zero-order chi connectivity index (χ0) is 77.3. The Morgan fingerprint density at radius 1 is 0.339 bits per heavy atom. The first-order valence-corrected chi connectivity index (χ1v) is 47.4. The van der Waals surface area contributed by atoms with Crippen LogP contribution in [0.5, 0.6) is 0 Å². The van der Waals surface area contributed by atoms with Gasteiger partial charge in [0, 0.05) is 54.9 Å². The van der Waals surface area contributed by atoms with Crippen LogP contribution >= 0.6 is 94.1 Å². The van der Waals surface area contributed by atoms with Crippen LogP contribution in [0, 0.1) is 0 Å². The fourth-order valence-electron chi connectivity index (χ4n) is 17.8. The van der Waals surface area contributed by atoms with Crippen molar-refractivity contribution in [3.8, 4) is 41.8 Å². The zero-order valence-corrected chi connectivity index (χ0v) is 72.5. The molecule has 7 aromatic carbocycles. The van der Waals surface area contributed by atoms with Gasteiger partial charge in [0.1, 0.15) is 30.7 Å². The van der Waals surface area contributed by atoms with E-state index in [0.717, 1.165) is 79.8 Å². The van der Waals surface area contributed by atoms with Crippen molar-refractivity contribution in [2.75, 3.05) is 13.1 Å². The fraction of sp³-hybridized carbons (Fsp3) is 0.396. The van der Waals surface area contributed by atoms with E-state index in [4.69, 9.17) is 41.9 Å². The third-order valence-electron chi connectivity index (χ3n) is 23.9. The number of aromatic nitrogens is 4. The van der Waals surface area contributed by atoms with Crippen molar-refractivity contribution in [2.24, 2.45) is 0 Å². The van der Waals surface area contributed by atoms with Crippen LogP contribution in [-0.2, 0) is 46.1 Å². The van der Waals surface area contributed by atoms with E-state index in [1.165, 1.54) is 289 Å². The molecular weight excluding hydrogens is 1530 g/mol. The van der Waals surface area contributed by atoms with E-state index >= 15 is 0 Å². The Morgan fingerprint density at radius 2 is 0.634 bits per heavy atom. The Bertz CT molecular complexity index is 4820. The lowest BCUT2D eigenvalue weighted by Crippen LogP contribution is -2.30. The van der Waals surface area contributed by atoms with E-state index in [0.29, 0.717) is 31.5 Å². The van der Waals surface area contributed by atoms with Crippen molar-refractivity contribution >= 4 is 149 Å². The normalized spacial score (nSPS) is 15.6. The molecular formula is C96H104N6O2S8. The number of benzene rings is 7. The summed E-state index contributed by atoms with van der Waals surface area (Å²) in [6, 6.07) is 58.5. The number of fused-ring (bicyclic) bond motifs is 8. The van der Waals surface area contributed by atoms with Gasteiger partial charge in [0.15, 0.2) is 0 Å². The summed E-state index contributed by atoms with van der Waals surface area (Å²) in [5.74, 6) is -0.134. The van der Waals surface area contributed by atoms with Gasteiger partial charge < -0.3 is 0 Å². The molecule has 0 bridgehead atoms. The number of carbonyl (C=O) groups is 2. The SMILES string of the molecule is CCCCCCCCc1ccc(C2(c3ccc(CCCCCCCC)cc3)c3cc4c(cc3-c3sc(-c5ccc(/C=C6\SC(=S)N(CC)C6=O)c6nsnc56)cc32)C(c2ccc(CCCCCCCC)cc2)(c2ccc(CCCCCCCC)cc2)c2cc(-c3ccc(/C=C5\SC(=S)N(CC)C5=O)c5nsnc35)sc2-4)cc1. The number of nitrogens with zero attached hydrogens (tertiary/aromatic N) is 6. The van der Waals surface area contributed by atoms with Crippen molar-refractivity contribution in [1.82, 2.24) is 27.3 Å². The predicted octanol–water partition coefficient (Wildman–Crippen LogP) is 27.9. The van der Waals surface area contributed by atoms with Crippen LogP contribution in [0.3, 0.4) is 0 Å². The minimum absolute atomic E-state index is 0.0668. The van der Waals surface area contributed by atoms with E-state index in [-0.39, 0.29) is 11.8 Å². The second-order valence-electron chi connectivity index (χ2n) is 31.2. The number of amides is 2. The number of unbranched alkanes of at least 4 members (excludes halogenated alkanes) is 20. The van der Waals surface area contributed by atoms with Crippen LogP contribution in [0.15, 0.2) is 155 Å². The molecule has 15 rings (SSSR count). The molecule has 0 unspecified atom stereocenters. The van der Waals surface area contributed by atoms with Crippen LogP contribution in [0.1, 0.15) is 274 Å². The van der Waals surface area contributed by atoms with E-state index in [9.17, 15) is 9.59 Å². The highest BCUT2D eigenvalue weighted by Gasteiger charge is 2.53. The first-order valence-electron chi connectivity index (χ1n) is 41.8. The molecule has 4 aliphatic rings. The lowest BCUT2D eigenvalue weighted by molar-refractivity contribution is -0.122. The van der Waals surface area contributed by atoms with Crippen molar-refractivity contribution < 1.29 is 9.59 Å². The molecule has 6 heterocycles. The van der Waals surface area contributed by atoms with E-state index < -0.39 is 10.8 Å². The van der Waals surface area contributed by atoms with Gasteiger partial charge in [-0.05, 0) is 180 Å². The highest BCUT2D eigenvalue weighted by molar-refractivity contribution is 8.27. The Morgan fingerprint density at radius 3 is 0.929 bits per heavy atom. The molecule has 0 N–H and O–H groups in total. The van der Waals surface area contributed by atoms with E-state index in [2.05, 4.69) is 173 Å². The van der Waals surface area contributed by atoms with Gasteiger partial charge in [-0.1, -0.05) is 325 Å². The molecule has 2 aliphatic carbocycles. The summed E-state index contributed by atoms with van der Waals surface area (Å²) in [5.41, 5.74) is 23.6. The molecule has 0 radical (unpaired) electrons. The van der Waals surface area contributed by atoms with Gasteiger partial charge in [-0.25, -0.2) is 0 Å². The van der Waals surface area contributed by atoms with Crippen LogP contribution in [0.25, 0.3) is 76.0 Å². The average molecular weight is 1630 g/mol. The Balaban J connectivity index is 0.962. The molecule has 11 aromatic rings. The van der Waals surface area contributed by atoms with Gasteiger partial charge in [-0.3, -0.25) is 19.4 Å². The molecule has 578 valence electrons. The van der Waals surface area contributed by atoms with Gasteiger partial charge in [0.2, 0.25) is 0 Å². The van der Waals surface area contributed by atoms with Gasteiger partial charge in [0.05, 0.1) is 44.1 Å². The van der Waals surface area contributed by atoms with Crippen molar-refractivity contribution in [1.29, 1.82) is 0 Å². The molecule has 4 aromatic heterocycles. The fourth-order valence-corrected chi connectivity index (χ4v) is 24.3. The van der Waals surface area contributed by atoms with Crippen molar-refractivity contribution in [3.63, 3.8) is 0 Å². The highest BCUT2D eigenvalue weighted by atomic mass is 32.2. The number of aryl methyl sites for hydroxylation is 4. The number of likely N-dealkylation sites (N-methyl/N-ethyl adjacent to an activating group) is 2. The van der Waals surface area contributed by atoms with Crippen molar-refractivity contribution in [2.45, 2.75) is 232 Å². The lowest BCUT2D eigenvalue weighted by Gasteiger charge is -2.36. The smallest absolute Gasteiger partial charge is 0.266 e. The van der Waals surface area contributed by atoms with Gasteiger partial charge in [0.25, 0.3) is 11.8 Å². The molecule has 0 atom stereocenters. The van der Waals surface area contributed by atoms with Crippen LogP contribution < -0.4 is 0 Å². The predicted molar refractivity (Wildman–Crippen MR) is 489 cm³/mol. The maximum Gasteiger partial charge on any atom is 0.266 e. The lowest BCUT2D eigenvalue weighted by atomic mass is 9.65. The van der Waals surface area contributed by atoms with Gasteiger partial charge >= 0.3 is 0 Å². The zero-order valence-electron chi connectivity index (χ0n) is 66.0. The van der Waals surface area contributed by atoms with Gasteiger partial charge in [-0.2, -0.15) is 17.5 Å². The maximum absolute atomic E-state index is 13.8. The molecule has 2 amide bonds. The van der Waals surface area contributed by atoms with Crippen LogP contribution in [0.2, 0.25) is 0 Å². The van der Waals surface area contributed by atoms with Crippen LogP contribution in [-0.4, -0.2) is 60.8 Å². The summed E-state index contributed by atoms with van der Waals surface area (Å²) in [7, 11) is 0. The third kappa shape index (κ3) is 15.9. The molecule has 0 spiro atoms. The molecule has 112 heavy (non-hydrogen) atoms. The number of thiophene rings is 2. The quantitative estimate of drug-likeness (QED) is 0.0212. The van der Waals surface area contributed by atoms with Crippen molar-refractivity contribution in [3.05, 3.63) is 233 Å². The molecule has 2 saturated heterocycles. The Labute approximate surface area is 699 Å². The second kappa shape index (κ2) is 36.8. The molecule has 2 fully saturated rings. The standard InChI is InChI=1S/C96H104N6O2S8/c1-7-13-17-21-25-29-33-63-37-47-69(48-38-63)95(70-49-39-64(40-50-70)34-30-26-22-18-14-8-2)77-59-76-78(60-75(77)89-79(95)61-81(107-89)73-55-45-67(85-87(73)99-111-97-85)57-83-91(103)101(11-5)93(105)109-83)96(71-51-41-65(42-52-71)35-31-27-23-19-15-9-3,72-53-43-66(44-54-72)36-32-28-24-20-16-10-4)80-62-82(108-90(76)80)74-56-46-68(86-88(74)100-112-98-86)58-84-92(104)102(12-6)94(106)110-84/h37-62H,7-36H2,1-6H3/b83-57-,84-58-. The van der Waals surface area contributed by atoms with E-state index in [1.54, 1.807) is 9.80 Å². The minimum Gasteiger partial charge on any atom is -0.293 e. The summed E-state index contributed by atoms with van der Waals surface area (Å²) >= 11 is 20.4. The monoisotopic (exact) mass is 1630 g/mol. The first-order chi connectivity index (χ1) is 54.9. The largest absolute Gasteiger partial charge is 0.293 e. The third-order valence-corrected chi connectivity index (χ3v) is 30.1. The summed E-state index contributed by atoms with van der Waals surface area (Å²) in [6.07, 6.45) is 38.3. The summed E-state index contributed by atoms with van der Waals surface area (Å²) in [5, 5.41) is 0. The summed E-state index contributed by atoms with van der Waals surface area (Å²) in [4.78, 5) is 36.9. The first kappa shape index (κ1) is 80.1. The van der Waals surface area contributed by atoms with Crippen LogP contribution in [0.4, 0.5) is 0 Å².